The van der Waals surface area contributed by atoms with Gasteiger partial charge in [-0.3, -0.25) is 0 Å². The summed E-state index contributed by atoms with van der Waals surface area (Å²) in [6.07, 6.45) is 0. The minimum absolute atomic E-state index is 0. The molecule has 0 aliphatic heterocycles. The molecule has 0 fully saturated rings. The molecule has 0 spiro atoms. The van der Waals surface area contributed by atoms with Gasteiger partial charge >= 0.3 is 0 Å². The lowest BCUT2D eigenvalue weighted by Gasteiger charge is -2.04. The normalized spacial score (nSPS) is 8.14. The number of methoxy groups -OCH3 is 1. The molecule has 0 radical (unpaired) electrons. The monoisotopic (exact) mass is 238 g/mol. The molecule has 0 saturated heterocycles. The van der Waals surface area contributed by atoms with Crippen LogP contribution in [-0.4, -0.2) is 20.2 Å². The first kappa shape index (κ1) is 15.8. The van der Waals surface area contributed by atoms with E-state index in [1.807, 2.05) is 24.3 Å². The van der Waals surface area contributed by atoms with Crippen LogP contribution in [0.2, 0.25) is 0 Å². The molecule has 1 aromatic carbocycles. The van der Waals surface area contributed by atoms with Crippen LogP contribution in [-0.2, 0) is 0 Å². The zero-order valence-corrected chi connectivity index (χ0v) is 9.66. The van der Waals surface area contributed by atoms with Crippen LogP contribution in [0.5, 0.6) is 5.75 Å². The van der Waals surface area contributed by atoms with Crippen molar-refractivity contribution in [3.8, 4) is 5.75 Å². The van der Waals surface area contributed by atoms with E-state index in [9.17, 15) is 0 Å². The summed E-state index contributed by atoms with van der Waals surface area (Å²) in [5.41, 5.74) is 6.42. The summed E-state index contributed by atoms with van der Waals surface area (Å²) in [4.78, 5) is 0. The molecule has 14 heavy (non-hydrogen) atoms. The van der Waals surface area contributed by atoms with Gasteiger partial charge in [0, 0.05) is 18.8 Å². The molecular formula is C9H16Cl2N2O. The van der Waals surface area contributed by atoms with Crippen molar-refractivity contribution < 1.29 is 4.74 Å². The van der Waals surface area contributed by atoms with Crippen LogP contribution in [0.15, 0.2) is 24.3 Å². The first-order valence-corrected chi connectivity index (χ1v) is 3.95. The number of ether oxygens (including phenoxy) is 1. The smallest absolute Gasteiger partial charge is 0.119 e. The predicted octanol–water partition coefficient (Wildman–Crippen LogP) is 1.91. The van der Waals surface area contributed by atoms with Gasteiger partial charge in [0.15, 0.2) is 0 Å². The van der Waals surface area contributed by atoms with Gasteiger partial charge in [-0.2, -0.15) is 0 Å². The van der Waals surface area contributed by atoms with Crippen LogP contribution >= 0.6 is 24.8 Å². The molecule has 3 N–H and O–H groups in total. The van der Waals surface area contributed by atoms with Crippen molar-refractivity contribution >= 4 is 30.5 Å². The topological polar surface area (TPSA) is 47.3 Å². The lowest BCUT2D eigenvalue weighted by molar-refractivity contribution is 0.415. The van der Waals surface area contributed by atoms with Crippen molar-refractivity contribution in [1.82, 2.24) is 0 Å². The largest absolute Gasteiger partial charge is 0.497 e. The summed E-state index contributed by atoms with van der Waals surface area (Å²) < 4.78 is 5.02. The Balaban J connectivity index is 0. The van der Waals surface area contributed by atoms with E-state index in [1.54, 1.807) is 7.11 Å². The number of rotatable bonds is 4. The molecule has 0 atom stereocenters. The average Bonchev–Trinajstić information content (AvgIpc) is 2.15. The van der Waals surface area contributed by atoms with Gasteiger partial charge in [-0.05, 0) is 24.3 Å². The lowest BCUT2D eigenvalue weighted by atomic mass is 10.3. The molecule has 0 amide bonds. The molecule has 0 bridgehead atoms. The molecule has 82 valence electrons. The van der Waals surface area contributed by atoms with E-state index in [1.165, 1.54) is 0 Å². The number of nitrogens with two attached hydrogens (primary N) is 1. The Kier molecular flexibility index (Phi) is 10.1. The number of nitrogens with one attached hydrogen (secondary N) is 1. The number of halogens is 2. The fraction of sp³-hybridized carbons (Fsp3) is 0.333. The molecule has 0 aliphatic carbocycles. The second kappa shape index (κ2) is 8.94. The number of hydrogen-bond donors (Lipinski definition) is 2. The van der Waals surface area contributed by atoms with E-state index in [0.29, 0.717) is 6.54 Å². The molecular weight excluding hydrogens is 223 g/mol. The molecule has 3 nitrogen and oxygen atoms in total. The summed E-state index contributed by atoms with van der Waals surface area (Å²) in [7, 11) is 1.66. The summed E-state index contributed by atoms with van der Waals surface area (Å²) in [5.74, 6) is 0.869. The first-order chi connectivity index (χ1) is 5.86. The van der Waals surface area contributed by atoms with Crippen molar-refractivity contribution in [1.29, 1.82) is 0 Å². The number of hydrogen-bond acceptors (Lipinski definition) is 3. The van der Waals surface area contributed by atoms with Crippen LogP contribution in [0.25, 0.3) is 0 Å². The van der Waals surface area contributed by atoms with Gasteiger partial charge in [-0.25, -0.2) is 0 Å². The molecule has 0 heterocycles. The van der Waals surface area contributed by atoms with E-state index >= 15 is 0 Å². The van der Waals surface area contributed by atoms with E-state index in [0.717, 1.165) is 18.0 Å². The maximum atomic E-state index is 5.35. The predicted molar refractivity (Wildman–Crippen MR) is 65.0 cm³/mol. The second-order valence-electron chi connectivity index (χ2n) is 2.44. The summed E-state index contributed by atoms with van der Waals surface area (Å²) in [6.45, 7) is 1.44. The van der Waals surface area contributed by atoms with Crippen molar-refractivity contribution in [2.75, 3.05) is 25.5 Å². The van der Waals surface area contributed by atoms with Gasteiger partial charge in [0.1, 0.15) is 5.75 Å². The Morgan fingerprint density at radius 2 is 1.79 bits per heavy atom. The van der Waals surface area contributed by atoms with Crippen molar-refractivity contribution in [2.45, 2.75) is 0 Å². The highest BCUT2D eigenvalue weighted by Gasteiger charge is 1.91. The molecule has 5 heteroatoms. The maximum Gasteiger partial charge on any atom is 0.119 e. The van der Waals surface area contributed by atoms with Crippen LogP contribution < -0.4 is 15.8 Å². The summed E-state index contributed by atoms with van der Waals surface area (Å²) in [6, 6.07) is 7.76. The SMILES string of the molecule is COc1ccc(NCCN)cc1.Cl.Cl. The third kappa shape index (κ3) is 5.17. The first-order valence-electron chi connectivity index (χ1n) is 3.95. The van der Waals surface area contributed by atoms with Crippen molar-refractivity contribution in [3.63, 3.8) is 0 Å². The van der Waals surface area contributed by atoms with Crippen LogP contribution in [0.1, 0.15) is 0 Å². The highest BCUT2D eigenvalue weighted by atomic mass is 35.5. The van der Waals surface area contributed by atoms with Gasteiger partial charge in [-0.15, -0.1) is 24.8 Å². The number of anilines is 1. The standard InChI is InChI=1S/C9H14N2O.2ClH/c1-12-9-4-2-8(3-5-9)11-7-6-10;;/h2-5,11H,6-7,10H2,1H3;2*1H. The minimum atomic E-state index is 0. The van der Waals surface area contributed by atoms with Crippen molar-refractivity contribution in [3.05, 3.63) is 24.3 Å². The zero-order valence-electron chi connectivity index (χ0n) is 8.03. The van der Waals surface area contributed by atoms with Crippen molar-refractivity contribution in [2.24, 2.45) is 5.73 Å². The fourth-order valence-electron chi connectivity index (χ4n) is 0.925. The molecule has 0 aliphatic rings. The highest BCUT2D eigenvalue weighted by Crippen LogP contribution is 2.14. The van der Waals surface area contributed by atoms with E-state index < -0.39 is 0 Å². The molecule has 1 rings (SSSR count). The van der Waals surface area contributed by atoms with E-state index in [-0.39, 0.29) is 24.8 Å². The zero-order chi connectivity index (χ0) is 8.81. The third-order valence-corrected chi connectivity index (χ3v) is 1.56. The molecule has 1 aromatic rings. The summed E-state index contributed by atoms with van der Waals surface area (Å²) in [5, 5.41) is 3.17. The van der Waals surface area contributed by atoms with Crippen LogP contribution in [0.3, 0.4) is 0 Å². The molecule has 0 unspecified atom stereocenters. The Morgan fingerprint density at radius 1 is 1.21 bits per heavy atom. The fourth-order valence-corrected chi connectivity index (χ4v) is 0.925. The van der Waals surface area contributed by atoms with Crippen LogP contribution in [0, 0.1) is 0 Å². The lowest BCUT2D eigenvalue weighted by Crippen LogP contribution is -2.12. The molecule has 0 aromatic heterocycles. The Hall–Kier alpha value is -0.640. The van der Waals surface area contributed by atoms with E-state index in [4.69, 9.17) is 10.5 Å². The highest BCUT2D eigenvalue weighted by molar-refractivity contribution is 5.85. The Morgan fingerprint density at radius 3 is 2.21 bits per heavy atom. The summed E-state index contributed by atoms with van der Waals surface area (Å²) >= 11 is 0. The maximum absolute atomic E-state index is 5.35. The van der Waals surface area contributed by atoms with E-state index in [2.05, 4.69) is 5.32 Å². The Bertz CT molecular complexity index is 229. The second-order valence-corrected chi connectivity index (χ2v) is 2.44. The van der Waals surface area contributed by atoms with Gasteiger partial charge in [0.2, 0.25) is 0 Å². The number of benzene rings is 1. The van der Waals surface area contributed by atoms with Gasteiger partial charge in [0.05, 0.1) is 7.11 Å². The minimum Gasteiger partial charge on any atom is -0.497 e. The quantitative estimate of drug-likeness (QED) is 0.843. The van der Waals surface area contributed by atoms with Gasteiger partial charge in [-0.1, -0.05) is 0 Å². The molecule has 0 saturated carbocycles. The average molecular weight is 239 g/mol. The third-order valence-electron chi connectivity index (χ3n) is 1.56. The van der Waals surface area contributed by atoms with Crippen LogP contribution in [0.4, 0.5) is 5.69 Å². The Labute approximate surface area is 96.8 Å². The van der Waals surface area contributed by atoms with Gasteiger partial charge < -0.3 is 15.8 Å². The van der Waals surface area contributed by atoms with Gasteiger partial charge in [0.25, 0.3) is 0 Å².